The van der Waals surface area contributed by atoms with E-state index in [4.69, 9.17) is 23.6 Å². The maximum absolute atomic E-state index is 12.6. The summed E-state index contributed by atoms with van der Waals surface area (Å²) in [4.78, 5) is 22.5. The number of allylic oxidation sites excluding steroid dienone is 8. The van der Waals surface area contributed by atoms with E-state index in [1.807, 2.05) is 0 Å². The van der Waals surface area contributed by atoms with Crippen molar-refractivity contribution in [1.82, 2.24) is 0 Å². The van der Waals surface area contributed by atoms with Crippen LogP contribution in [0.2, 0.25) is 0 Å². The van der Waals surface area contributed by atoms with Crippen molar-refractivity contribution in [3.8, 4) is 0 Å². The zero-order chi connectivity index (χ0) is 38.2. The molecule has 0 saturated carbocycles. The lowest BCUT2D eigenvalue weighted by atomic mass is 10.0. The van der Waals surface area contributed by atoms with Gasteiger partial charge in [-0.25, -0.2) is 4.57 Å². The van der Waals surface area contributed by atoms with E-state index in [9.17, 15) is 19.4 Å². The van der Waals surface area contributed by atoms with Gasteiger partial charge in [-0.1, -0.05) is 159 Å². The number of hydrogen-bond donors (Lipinski definition) is 3. The highest BCUT2D eigenvalue weighted by Gasteiger charge is 2.26. The second-order valence-electron chi connectivity index (χ2n) is 13.6. The van der Waals surface area contributed by atoms with E-state index in [2.05, 4.69) is 62.5 Å². The summed E-state index contributed by atoms with van der Waals surface area (Å²) in [5.74, 6) is -0.390. The van der Waals surface area contributed by atoms with E-state index in [0.717, 1.165) is 77.0 Å². The number of aliphatic hydroxyl groups is 2. The maximum Gasteiger partial charge on any atom is 0.472 e. The Morgan fingerprint density at radius 1 is 0.615 bits per heavy atom. The maximum atomic E-state index is 12.6. The van der Waals surface area contributed by atoms with Crippen molar-refractivity contribution < 1.29 is 43.0 Å². The normalized spacial score (nSPS) is 14.6. The Labute approximate surface area is 317 Å². The fourth-order valence-corrected chi connectivity index (χ4v) is 6.19. The van der Waals surface area contributed by atoms with Crippen LogP contribution >= 0.6 is 7.82 Å². The SMILES string of the molecule is CC/C=C\C/C=C\C/C=C\C/C=C\CCCCCCCCCCCCC(=O)OC(COCCCCCCCCCC)COP(=O)(O)OCC(O)CO. The minimum atomic E-state index is -4.51. The first-order chi connectivity index (χ1) is 25.3. The van der Waals surface area contributed by atoms with Crippen LogP contribution in [0, 0.1) is 0 Å². The molecule has 0 aliphatic carbocycles. The number of ether oxygens (including phenoxy) is 2. The smallest absolute Gasteiger partial charge is 0.457 e. The van der Waals surface area contributed by atoms with Crippen LogP contribution in [0.15, 0.2) is 48.6 Å². The molecule has 304 valence electrons. The lowest BCUT2D eigenvalue weighted by molar-refractivity contribution is -0.154. The second kappa shape index (κ2) is 39.1. The zero-order valence-electron chi connectivity index (χ0n) is 33.0. The van der Waals surface area contributed by atoms with Crippen LogP contribution in [-0.4, -0.2) is 66.3 Å². The third-order valence-electron chi connectivity index (χ3n) is 8.53. The van der Waals surface area contributed by atoms with Gasteiger partial charge in [-0.15, -0.1) is 0 Å². The van der Waals surface area contributed by atoms with Crippen molar-refractivity contribution >= 4 is 13.8 Å². The number of unbranched alkanes of at least 4 members (excludes halogenated alkanes) is 17. The summed E-state index contributed by atoms with van der Waals surface area (Å²) in [6.07, 6.45) is 42.2. The highest BCUT2D eigenvalue weighted by Crippen LogP contribution is 2.43. The first-order valence-electron chi connectivity index (χ1n) is 20.6. The summed E-state index contributed by atoms with van der Waals surface area (Å²) in [7, 11) is -4.51. The summed E-state index contributed by atoms with van der Waals surface area (Å²) < 4.78 is 33.2. The lowest BCUT2D eigenvalue weighted by Gasteiger charge is -2.20. The number of esters is 1. The molecule has 0 aromatic carbocycles. The fraction of sp³-hybridized carbons (Fsp3) is 0.786. The molecule has 0 heterocycles. The summed E-state index contributed by atoms with van der Waals surface area (Å²) in [5.41, 5.74) is 0. The number of phosphoric ester groups is 1. The van der Waals surface area contributed by atoms with Gasteiger partial charge >= 0.3 is 13.8 Å². The van der Waals surface area contributed by atoms with E-state index < -0.39 is 33.2 Å². The molecule has 10 heteroatoms. The Bertz CT molecular complexity index is 950. The fourth-order valence-electron chi connectivity index (χ4n) is 5.40. The van der Waals surface area contributed by atoms with E-state index in [1.54, 1.807) is 0 Å². The van der Waals surface area contributed by atoms with E-state index in [-0.39, 0.29) is 25.6 Å². The van der Waals surface area contributed by atoms with Gasteiger partial charge in [0.05, 0.1) is 26.4 Å². The van der Waals surface area contributed by atoms with Gasteiger partial charge in [0.2, 0.25) is 0 Å². The standard InChI is InChI=1S/C42H77O9P/c1-3-5-7-9-11-13-14-15-16-17-18-19-20-21-22-23-24-25-26-27-28-30-32-34-42(45)51-41(39-50-52(46,47)49-37-40(44)36-43)38-48-35-33-31-29-12-10-8-6-4-2/h5,7,11,13,15-16,18-19,40-41,43-44H,3-4,6,8-10,12,14,17,20-39H2,1-2H3,(H,46,47)/b7-5-,13-11-,16-15-,19-18-. The minimum absolute atomic E-state index is 0.0476. The zero-order valence-corrected chi connectivity index (χ0v) is 33.9. The molecule has 0 spiro atoms. The van der Waals surface area contributed by atoms with Crippen molar-refractivity contribution in [3.05, 3.63) is 48.6 Å². The molecule has 3 N–H and O–H groups in total. The molecule has 0 radical (unpaired) electrons. The Balaban J connectivity index is 4.06. The summed E-state index contributed by atoms with van der Waals surface area (Å²) in [6.45, 7) is 3.37. The highest BCUT2D eigenvalue weighted by molar-refractivity contribution is 7.47. The van der Waals surface area contributed by atoms with Crippen LogP contribution in [-0.2, 0) is 27.9 Å². The van der Waals surface area contributed by atoms with Crippen LogP contribution in [0.25, 0.3) is 0 Å². The second-order valence-corrected chi connectivity index (χ2v) is 15.1. The van der Waals surface area contributed by atoms with Crippen molar-refractivity contribution in [1.29, 1.82) is 0 Å². The van der Waals surface area contributed by atoms with Gasteiger partial charge in [-0.2, -0.15) is 0 Å². The molecule has 0 rings (SSSR count). The van der Waals surface area contributed by atoms with Crippen LogP contribution in [0.1, 0.15) is 168 Å². The van der Waals surface area contributed by atoms with Crippen LogP contribution in [0.3, 0.4) is 0 Å². The van der Waals surface area contributed by atoms with Crippen molar-refractivity contribution in [2.45, 2.75) is 180 Å². The van der Waals surface area contributed by atoms with Gasteiger partial charge in [0, 0.05) is 13.0 Å². The molecule has 0 fully saturated rings. The molecular weight excluding hydrogens is 679 g/mol. The third-order valence-corrected chi connectivity index (χ3v) is 9.48. The Kier molecular flexibility index (Phi) is 37.9. The first kappa shape index (κ1) is 50.4. The van der Waals surface area contributed by atoms with E-state index in [0.29, 0.717) is 6.61 Å². The minimum Gasteiger partial charge on any atom is -0.457 e. The highest BCUT2D eigenvalue weighted by atomic mass is 31.2. The van der Waals surface area contributed by atoms with Crippen LogP contribution in [0.4, 0.5) is 0 Å². The third kappa shape index (κ3) is 38.2. The predicted octanol–water partition coefficient (Wildman–Crippen LogP) is 11.0. The molecule has 52 heavy (non-hydrogen) atoms. The molecule has 0 aliphatic rings. The van der Waals surface area contributed by atoms with Crippen LogP contribution in [0.5, 0.6) is 0 Å². The topological polar surface area (TPSA) is 132 Å². The number of aliphatic hydroxyl groups excluding tert-OH is 2. The van der Waals surface area contributed by atoms with Gasteiger partial charge in [0.15, 0.2) is 0 Å². The summed E-state index contributed by atoms with van der Waals surface area (Å²) in [5, 5.41) is 18.3. The average Bonchev–Trinajstić information content (AvgIpc) is 3.13. The number of hydrogen-bond acceptors (Lipinski definition) is 8. The monoisotopic (exact) mass is 757 g/mol. The molecule has 3 unspecified atom stereocenters. The Morgan fingerprint density at radius 2 is 1.10 bits per heavy atom. The molecule has 0 saturated heterocycles. The molecular formula is C42H77O9P. The molecule has 0 aliphatic heterocycles. The van der Waals surface area contributed by atoms with Gasteiger partial charge in [-0.05, 0) is 51.4 Å². The van der Waals surface area contributed by atoms with Crippen molar-refractivity contribution in [2.24, 2.45) is 0 Å². The molecule has 9 nitrogen and oxygen atoms in total. The molecule has 3 atom stereocenters. The quantitative estimate of drug-likeness (QED) is 0.0243. The molecule has 0 bridgehead atoms. The average molecular weight is 757 g/mol. The lowest BCUT2D eigenvalue weighted by Crippen LogP contribution is -2.29. The largest absolute Gasteiger partial charge is 0.472 e. The summed E-state index contributed by atoms with van der Waals surface area (Å²) >= 11 is 0. The van der Waals surface area contributed by atoms with Gasteiger partial charge in [0.1, 0.15) is 12.2 Å². The van der Waals surface area contributed by atoms with Crippen molar-refractivity contribution in [3.63, 3.8) is 0 Å². The van der Waals surface area contributed by atoms with Crippen molar-refractivity contribution in [2.75, 3.05) is 33.0 Å². The van der Waals surface area contributed by atoms with Gasteiger partial charge < -0.3 is 24.6 Å². The Hall–Kier alpha value is -1.58. The van der Waals surface area contributed by atoms with Gasteiger partial charge in [0.25, 0.3) is 0 Å². The van der Waals surface area contributed by atoms with Gasteiger partial charge in [-0.3, -0.25) is 13.8 Å². The number of carbonyl (C=O) groups is 1. The number of carbonyl (C=O) groups excluding carboxylic acids is 1. The van der Waals surface area contributed by atoms with E-state index >= 15 is 0 Å². The van der Waals surface area contributed by atoms with Crippen LogP contribution < -0.4 is 0 Å². The van der Waals surface area contributed by atoms with E-state index in [1.165, 1.54) is 70.6 Å². The first-order valence-corrected chi connectivity index (χ1v) is 22.1. The predicted molar refractivity (Wildman–Crippen MR) is 214 cm³/mol. The number of rotatable bonds is 39. The summed E-state index contributed by atoms with van der Waals surface area (Å²) in [6, 6.07) is 0. The number of phosphoric acid groups is 1. The molecule has 0 aromatic heterocycles. The molecule has 0 amide bonds. The molecule has 0 aromatic rings. The Morgan fingerprint density at radius 3 is 1.65 bits per heavy atom.